The third kappa shape index (κ3) is 3.77. The molecule has 0 radical (unpaired) electrons. The molecule has 6 nitrogen and oxygen atoms in total. The summed E-state index contributed by atoms with van der Waals surface area (Å²) in [6.45, 7) is 2.59. The zero-order valence-electron chi connectivity index (χ0n) is 11.7. The molecule has 0 aliphatic carbocycles. The second-order valence-electron chi connectivity index (χ2n) is 5.11. The molecule has 1 saturated heterocycles. The Kier molecular flexibility index (Phi) is 4.39. The van der Waals surface area contributed by atoms with Crippen molar-refractivity contribution < 1.29 is 13.2 Å². The Bertz CT molecular complexity index is 601. The Hall–Kier alpha value is -1.47. The summed E-state index contributed by atoms with van der Waals surface area (Å²) in [7, 11) is -3.23. The number of carbonyl (C=O) groups excluding carboxylic acids is 1. The lowest BCUT2D eigenvalue weighted by Crippen LogP contribution is -2.43. The van der Waals surface area contributed by atoms with Gasteiger partial charge in [-0.3, -0.25) is 4.79 Å². The molecule has 1 amide bonds. The summed E-state index contributed by atoms with van der Waals surface area (Å²) < 4.78 is 24.4. The van der Waals surface area contributed by atoms with E-state index in [0.29, 0.717) is 25.2 Å². The van der Waals surface area contributed by atoms with Crippen LogP contribution in [0.5, 0.6) is 0 Å². The van der Waals surface area contributed by atoms with Gasteiger partial charge in [0.15, 0.2) is 0 Å². The number of rotatable bonds is 3. The van der Waals surface area contributed by atoms with E-state index < -0.39 is 10.0 Å². The minimum absolute atomic E-state index is 0.170. The van der Waals surface area contributed by atoms with E-state index in [1.54, 1.807) is 6.07 Å². The van der Waals surface area contributed by atoms with Crippen LogP contribution in [0.4, 0.5) is 5.82 Å². The van der Waals surface area contributed by atoms with E-state index in [1.807, 2.05) is 19.1 Å². The van der Waals surface area contributed by atoms with E-state index >= 15 is 0 Å². The van der Waals surface area contributed by atoms with Gasteiger partial charge in [0.05, 0.1) is 12.2 Å². The van der Waals surface area contributed by atoms with Crippen LogP contribution in [-0.4, -0.2) is 43.0 Å². The lowest BCUT2D eigenvalue weighted by atomic mass is 9.99. The van der Waals surface area contributed by atoms with E-state index in [1.165, 1.54) is 10.6 Å². The van der Waals surface area contributed by atoms with Gasteiger partial charge >= 0.3 is 0 Å². The Labute approximate surface area is 119 Å². The Morgan fingerprint density at radius 3 is 2.85 bits per heavy atom. The molecule has 2 rings (SSSR count). The number of nitrogens with zero attached hydrogens (tertiary/aromatic N) is 2. The van der Waals surface area contributed by atoms with E-state index in [4.69, 9.17) is 0 Å². The minimum Gasteiger partial charge on any atom is -0.310 e. The van der Waals surface area contributed by atoms with Gasteiger partial charge in [-0.05, 0) is 31.9 Å². The van der Waals surface area contributed by atoms with Crippen LogP contribution in [0.2, 0.25) is 0 Å². The SMILES string of the molecule is Cc1cccc(NC(=O)C2CCCN(S(C)(=O)=O)C2)n1. The van der Waals surface area contributed by atoms with Crippen LogP contribution >= 0.6 is 0 Å². The molecule has 1 aliphatic rings. The highest BCUT2D eigenvalue weighted by Crippen LogP contribution is 2.20. The second kappa shape index (κ2) is 5.88. The van der Waals surface area contributed by atoms with Gasteiger partial charge in [-0.25, -0.2) is 17.7 Å². The summed E-state index contributed by atoms with van der Waals surface area (Å²) in [6, 6.07) is 5.39. The van der Waals surface area contributed by atoms with Crippen LogP contribution in [0, 0.1) is 12.8 Å². The highest BCUT2D eigenvalue weighted by molar-refractivity contribution is 7.88. The molecule has 0 bridgehead atoms. The molecule has 0 saturated carbocycles. The van der Waals surface area contributed by atoms with Crippen LogP contribution < -0.4 is 5.32 Å². The first-order chi connectivity index (χ1) is 9.36. The summed E-state index contributed by atoms with van der Waals surface area (Å²) >= 11 is 0. The maximum absolute atomic E-state index is 12.2. The standard InChI is InChI=1S/C13H19N3O3S/c1-10-5-3-7-12(14-10)15-13(17)11-6-4-8-16(9-11)20(2,18)19/h3,5,7,11H,4,6,8-9H2,1-2H3,(H,14,15,17). The summed E-state index contributed by atoms with van der Waals surface area (Å²) in [5.41, 5.74) is 0.823. The van der Waals surface area contributed by atoms with Gasteiger partial charge in [-0.2, -0.15) is 0 Å². The highest BCUT2D eigenvalue weighted by Gasteiger charge is 2.30. The third-order valence-electron chi connectivity index (χ3n) is 3.36. The van der Waals surface area contributed by atoms with Gasteiger partial charge < -0.3 is 5.32 Å². The predicted molar refractivity (Wildman–Crippen MR) is 76.7 cm³/mol. The van der Waals surface area contributed by atoms with E-state index in [-0.39, 0.29) is 18.4 Å². The summed E-state index contributed by atoms with van der Waals surface area (Å²) in [5.74, 6) is 0.0173. The number of hydrogen-bond acceptors (Lipinski definition) is 4. The molecule has 7 heteroatoms. The fourth-order valence-corrected chi connectivity index (χ4v) is 3.21. The van der Waals surface area contributed by atoms with E-state index in [0.717, 1.165) is 5.69 Å². The zero-order valence-corrected chi connectivity index (χ0v) is 12.5. The minimum atomic E-state index is -3.23. The Morgan fingerprint density at radius 2 is 2.20 bits per heavy atom. The van der Waals surface area contributed by atoms with E-state index in [2.05, 4.69) is 10.3 Å². The van der Waals surface area contributed by atoms with Crippen LogP contribution in [0.15, 0.2) is 18.2 Å². The molecule has 1 atom stereocenters. The predicted octanol–water partition coefficient (Wildman–Crippen LogP) is 1.00. The van der Waals surface area contributed by atoms with Crippen molar-refractivity contribution in [2.75, 3.05) is 24.7 Å². The van der Waals surface area contributed by atoms with Crippen molar-refractivity contribution in [2.24, 2.45) is 5.92 Å². The molecule has 0 spiro atoms. The lowest BCUT2D eigenvalue weighted by Gasteiger charge is -2.29. The van der Waals surface area contributed by atoms with Crippen LogP contribution in [0.25, 0.3) is 0 Å². The molecule has 0 aromatic carbocycles. The van der Waals surface area contributed by atoms with Gasteiger partial charge in [-0.15, -0.1) is 0 Å². The van der Waals surface area contributed by atoms with Crippen LogP contribution in [0.1, 0.15) is 18.5 Å². The summed E-state index contributed by atoms with van der Waals surface area (Å²) in [6.07, 6.45) is 2.57. The van der Waals surface area contributed by atoms with Crippen molar-refractivity contribution in [2.45, 2.75) is 19.8 Å². The number of aryl methyl sites for hydroxylation is 1. The molecule has 1 unspecified atom stereocenters. The third-order valence-corrected chi connectivity index (χ3v) is 4.63. The number of piperidine rings is 1. The van der Waals surface area contributed by atoms with Crippen LogP contribution in [0.3, 0.4) is 0 Å². The zero-order chi connectivity index (χ0) is 14.8. The number of pyridine rings is 1. The first-order valence-corrected chi connectivity index (χ1v) is 8.41. The van der Waals surface area contributed by atoms with E-state index in [9.17, 15) is 13.2 Å². The molecule has 1 aliphatic heterocycles. The number of sulfonamides is 1. The number of nitrogens with one attached hydrogen (secondary N) is 1. The van der Waals surface area contributed by atoms with Crippen molar-refractivity contribution in [3.63, 3.8) is 0 Å². The normalized spacial score (nSPS) is 20.6. The number of carbonyl (C=O) groups is 1. The Balaban J connectivity index is 2.02. The van der Waals surface area contributed by atoms with Gasteiger partial charge in [0.1, 0.15) is 5.82 Å². The fourth-order valence-electron chi connectivity index (χ4n) is 2.30. The molecule has 2 heterocycles. The topological polar surface area (TPSA) is 79.4 Å². The molecule has 1 aromatic rings. The molecule has 1 aromatic heterocycles. The number of aromatic nitrogens is 1. The number of amides is 1. The Morgan fingerprint density at radius 1 is 1.45 bits per heavy atom. The first kappa shape index (κ1) is 14.9. The first-order valence-electron chi connectivity index (χ1n) is 6.56. The molecule has 20 heavy (non-hydrogen) atoms. The van der Waals surface area contributed by atoms with Gasteiger partial charge in [0.2, 0.25) is 15.9 Å². The summed E-state index contributed by atoms with van der Waals surface area (Å²) in [5, 5.41) is 2.75. The molecule has 1 fully saturated rings. The van der Waals surface area contributed by atoms with Crippen molar-refractivity contribution in [1.29, 1.82) is 0 Å². The number of anilines is 1. The number of hydrogen-bond donors (Lipinski definition) is 1. The highest BCUT2D eigenvalue weighted by atomic mass is 32.2. The van der Waals surface area contributed by atoms with Crippen molar-refractivity contribution in [3.05, 3.63) is 23.9 Å². The molecule has 1 N–H and O–H groups in total. The monoisotopic (exact) mass is 297 g/mol. The maximum Gasteiger partial charge on any atom is 0.229 e. The fraction of sp³-hybridized carbons (Fsp3) is 0.538. The molecular formula is C13H19N3O3S. The van der Waals surface area contributed by atoms with Gasteiger partial charge in [0.25, 0.3) is 0 Å². The average molecular weight is 297 g/mol. The van der Waals surface area contributed by atoms with Crippen molar-refractivity contribution in [3.8, 4) is 0 Å². The summed E-state index contributed by atoms with van der Waals surface area (Å²) in [4.78, 5) is 16.4. The maximum atomic E-state index is 12.2. The van der Waals surface area contributed by atoms with Gasteiger partial charge in [0, 0.05) is 18.8 Å². The molecule has 110 valence electrons. The lowest BCUT2D eigenvalue weighted by molar-refractivity contribution is -0.120. The quantitative estimate of drug-likeness (QED) is 0.902. The average Bonchev–Trinajstić information content (AvgIpc) is 2.38. The molecular weight excluding hydrogens is 278 g/mol. The van der Waals surface area contributed by atoms with Gasteiger partial charge in [-0.1, -0.05) is 6.07 Å². The van der Waals surface area contributed by atoms with Crippen molar-refractivity contribution >= 4 is 21.7 Å². The second-order valence-corrected chi connectivity index (χ2v) is 7.10. The largest absolute Gasteiger partial charge is 0.310 e. The smallest absolute Gasteiger partial charge is 0.229 e. The van der Waals surface area contributed by atoms with Crippen molar-refractivity contribution in [1.82, 2.24) is 9.29 Å². The van der Waals surface area contributed by atoms with Crippen LogP contribution in [-0.2, 0) is 14.8 Å².